The highest BCUT2D eigenvalue weighted by molar-refractivity contribution is 7.15. The SMILES string of the molecule is NC(=O)c1csc2nc(-c3ccc(NC[C@]4(c5ncccc5F)C[C@H](F)C4)nn3)cn12. The zero-order chi connectivity index (χ0) is 21.6. The summed E-state index contributed by atoms with van der Waals surface area (Å²) in [5.74, 6) is -0.501. The van der Waals surface area contributed by atoms with Gasteiger partial charge in [-0.15, -0.1) is 21.5 Å². The quantitative estimate of drug-likeness (QED) is 0.476. The van der Waals surface area contributed by atoms with Gasteiger partial charge in [0.1, 0.15) is 34.9 Å². The Kier molecular flexibility index (Phi) is 4.62. The molecule has 1 aliphatic rings. The Balaban J connectivity index is 1.34. The van der Waals surface area contributed by atoms with Crippen molar-refractivity contribution >= 4 is 28.0 Å². The number of hydrogen-bond acceptors (Lipinski definition) is 7. The molecule has 158 valence electrons. The van der Waals surface area contributed by atoms with Crippen LogP contribution in [0.2, 0.25) is 0 Å². The molecule has 0 spiro atoms. The highest BCUT2D eigenvalue weighted by Crippen LogP contribution is 2.45. The van der Waals surface area contributed by atoms with Crippen LogP contribution in [0.1, 0.15) is 29.0 Å². The normalized spacial score (nSPS) is 20.5. The molecule has 1 fully saturated rings. The van der Waals surface area contributed by atoms with E-state index in [9.17, 15) is 13.6 Å². The summed E-state index contributed by atoms with van der Waals surface area (Å²) in [6.45, 7) is 0.289. The third-order valence-corrected chi connectivity index (χ3v) is 6.32. The molecule has 8 nitrogen and oxygen atoms in total. The Morgan fingerprint density at radius 1 is 1.29 bits per heavy atom. The molecule has 4 heterocycles. The number of nitrogens with zero attached hydrogens (tertiary/aromatic N) is 5. The van der Waals surface area contributed by atoms with Crippen LogP contribution in [0.15, 0.2) is 42.0 Å². The number of fused-ring (bicyclic) bond motifs is 1. The number of rotatable bonds is 6. The number of anilines is 1. The number of aromatic nitrogens is 5. The van der Waals surface area contributed by atoms with Crippen LogP contribution in [-0.2, 0) is 5.41 Å². The lowest BCUT2D eigenvalue weighted by atomic mass is 9.65. The van der Waals surface area contributed by atoms with Crippen LogP contribution in [0.3, 0.4) is 0 Å². The van der Waals surface area contributed by atoms with Gasteiger partial charge in [0.25, 0.3) is 5.91 Å². The number of amides is 1. The number of imidazole rings is 1. The number of carbonyl (C=O) groups is 1. The second-order valence-electron chi connectivity index (χ2n) is 7.54. The second kappa shape index (κ2) is 7.34. The van der Waals surface area contributed by atoms with Gasteiger partial charge in [0.05, 0.1) is 5.69 Å². The maximum absolute atomic E-state index is 14.3. The van der Waals surface area contributed by atoms with Crippen LogP contribution < -0.4 is 11.1 Å². The Morgan fingerprint density at radius 2 is 2.13 bits per heavy atom. The average Bonchev–Trinajstić information content (AvgIpc) is 3.32. The van der Waals surface area contributed by atoms with Crippen molar-refractivity contribution in [2.75, 3.05) is 11.9 Å². The van der Waals surface area contributed by atoms with E-state index < -0.39 is 23.3 Å². The van der Waals surface area contributed by atoms with E-state index in [1.807, 2.05) is 0 Å². The van der Waals surface area contributed by atoms with Crippen LogP contribution in [0.5, 0.6) is 0 Å². The van der Waals surface area contributed by atoms with Gasteiger partial charge in [-0.25, -0.2) is 13.8 Å². The van der Waals surface area contributed by atoms with Gasteiger partial charge in [-0.3, -0.25) is 14.2 Å². The smallest absolute Gasteiger partial charge is 0.266 e. The summed E-state index contributed by atoms with van der Waals surface area (Å²) < 4.78 is 29.6. The number of nitrogens with one attached hydrogen (secondary N) is 1. The van der Waals surface area contributed by atoms with Crippen molar-refractivity contribution in [3.8, 4) is 11.4 Å². The maximum Gasteiger partial charge on any atom is 0.266 e. The predicted molar refractivity (Wildman–Crippen MR) is 111 cm³/mol. The molecule has 0 aliphatic heterocycles. The third-order valence-electron chi connectivity index (χ3n) is 5.48. The van der Waals surface area contributed by atoms with E-state index in [1.165, 1.54) is 29.7 Å². The highest BCUT2D eigenvalue weighted by Gasteiger charge is 2.48. The van der Waals surface area contributed by atoms with E-state index in [0.29, 0.717) is 27.9 Å². The number of primary amides is 1. The van der Waals surface area contributed by atoms with Gasteiger partial charge in [-0.1, -0.05) is 0 Å². The summed E-state index contributed by atoms with van der Waals surface area (Å²) in [6.07, 6.45) is 2.62. The molecule has 0 saturated heterocycles. The standard InChI is InChI=1S/C20H17F2N7OS/c21-11-6-20(7-11,17-12(22)2-1-5-24-17)10-25-16-4-3-13(27-28-16)14-8-29-15(18(23)30)9-31-19(29)26-14/h1-5,8-9,11H,6-7,10H2,(H2,23,30)(H,25,28)/t11-,20-. The molecule has 3 N–H and O–H groups in total. The number of carbonyl (C=O) groups excluding carboxylic acids is 1. The highest BCUT2D eigenvalue weighted by atomic mass is 32.1. The molecule has 1 aliphatic carbocycles. The minimum absolute atomic E-state index is 0.201. The van der Waals surface area contributed by atoms with Gasteiger partial charge < -0.3 is 11.1 Å². The largest absolute Gasteiger partial charge is 0.368 e. The Labute approximate surface area is 179 Å². The summed E-state index contributed by atoms with van der Waals surface area (Å²) in [7, 11) is 0. The van der Waals surface area contributed by atoms with Crippen molar-refractivity contribution in [2.45, 2.75) is 24.4 Å². The van der Waals surface area contributed by atoms with Crippen molar-refractivity contribution in [3.05, 3.63) is 59.2 Å². The fraction of sp³-hybridized carbons (Fsp3) is 0.250. The lowest BCUT2D eigenvalue weighted by Gasteiger charge is -2.43. The molecule has 0 radical (unpaired) electrons. The average molecular weight is 441 g/mol. The molecule has 5 rings (SSSR count). The van der Waals surface area contributed by atoms with E-state index in [4.69, 9.17) is 5.73 Å². The zero-order valence-corrected chi connectivity index (χ0v) is 16.9. The number of pyridine rings is 1. The maximum atomic E-state index is 14.3. The molecule has 31 heavy (non-hydrogen) atoms. The molecule has 0 atom stereocenters. The summed E-state index contributed by atoms with van der Waals surface area (Å²) in [4.78, 5) is 20.7. The minimum atomic E-state index is -0.975. The van der Waals surface area contributed by atoms with E-state index >= 15 is 0 Å². The fourth-order valence-electron chi connectivity index (χ4n) is 3.89. The summed E-state index contributed by atoms with van der Waals surface area (Å²) >= 11 is 1.30. The lowest BCUT2D eigenvalue weighted by Crippen LogP contribution is -2.49. The van der Waals surface area contributed by atoms with Crippen LogP contribution in [-0.4, -0.2) is 43.2 Å². The number of halogens is 2. The van der Waals surface area contributed by atoms with Crippen molar-refractivity contribution in [2.24, 2.45) is 5.73 Å². The first-order valence-electron chi connectivity index (χ1n) is 9.55. The van der Waals surface area contributed by atoms with E-state index in [-0.39, 0.29) is 25.1 Å². The van der Waals surface area contributed by atoms with Gasteiger partial charge in [-0.05, 0) is 37.1 Å². The molecular formula is C20H17F2N7OS. The third kappa shape index (κ3) is 3.40. The Morgan fingerprint density at radius 3 is 2.81 bits per heavy atom. The van der Waals surface area contributed by atoms with Gasteiger partial charge in [0, 0.05) is 29.7 Å². The molecule has 0 bridgehead atoms. The summed E-state index contributed by atoms with van der Waals surface area (Å²) in [5, 5.41) is 13.1. The molecular weight excluding hydrogens is 424 g/mol. The monoisotopic (exact) mass is 441 g/mol. The van der Waals surface area contributed by atoms with Crippen molar-refractivity contribution in [3.63, 3.8) is 0 Å². The number of alkyl halides is 1. The molecule has 4 aromatic rings. The van der Waals surface area contributed by atoms with Gasteiger partial charge >= 0.3 is 0 Å². The lowest BCUT2D eigenvalue weighted by molar-refractivity contribution is 0.0963. The molecule has 11 heteroatoms. The first kappa shape index (κ1) is 19.5. The van der Waals surface area contributed by atoms with Crippen LogP contribution in [0, 0.1) is 5.82 Å². The first-order valence-corrected chi connectivity index (χ1v) is 10.4. The summed E-state index contributed by atoms with van der Waals surface area (Å²) in [5.41, 5.74) is 6.35. The molecule has 4 aromatic heterocycles. The predicted octanol–water partition coefficient (Wildman–Crippen LogP) is 2.97. The van der Waals surface area contributed by atoms with E-state index in [1.54, 1.807) is 28.1 Å². The number of hydrogen-bond donors (Lipinski definition) is 2. The minimum Gasteiger partial charge on any atom is -0.368 e. The van der Waals surface area contributed by atoms with Gasteiger partial charge in [0.2, 0.25) is 0 Å². The van der Waals surface area contributed by atoms with Crippen molar-refractivity contribution in [1.29, 1.82) is 0 Å². The molecule has 1 saturated carbocycles. The number of thiazole rings is 1. The summed E-state index contributed by atoms with van der Waals surface area (Å²) in [6, 6.07) is 6.31. The fourth-order valence-corrected chi connectivity index (χ4v) is 4.76. The van der Waals surface area contributed by atoms with Crippen molar-refractivity contribution in [1.82, 2.24) is 24.6 Å². The second-order valence-corrected chi connectivity index (χ2v) is 8.38. The van der Waals surface area contributed by atoms with E-state index in [2.05, 4.69) is 25.5 Å². The first-order chi connectivity index (χ1) is 14.9. The number of nitrogens with two attached hydrogens (primary N) is 1. The van der Waals surface area contributed by atoms with Gasteiger partial charge in [0.15, 0.2) is 4.96 Å². The van der Waals surface area contributed by atoms with Crippen molar-refractivity contribution < 1.29 is 13.6 Å². The van der Waals surface area contributed by atoms with E-state index in [0.717, 1.165) is 0 Å². The Hall–Kier alpha value is -3.47. The van der Waals surface area contributed by atoms with Crippen LogP contribution in [0.4, 0.5) is 14.6 Å². The van der Waals surface area contributed by atoms with Gasteiger partial charge in [-0.2, -0.15) is 0 Å². The molecule has 0 aromatic carbocycles. The topological polar surface area (TPSA) is 111 Å². The zero-order valence-electron chi connectivity index (χ0n) is 16.1. The van der Waals surface area contributed by atoms with Crippen LogP contribution in [0.25, 0.3) is 16.3 Å². The molecule has 0 unspecified atom stereocenters. The molecule has 1 amide bonds. The Bertz CT molecular complexity index is 1260. The van der Waals surface area contributed by atoms with Crippen LogP contribution >= 0.6 is 11.3 Å².